The number of nitrogens with zero attached hydrogens (tertiary/aromatic N) is 3. The van der Waals surface area contributed by atoms with Gasteiger partial charge < -0.3 is 0 Å². The van der Waals surface area contributed by atoms with E-state index < -0.39 is 7.59 Å². The van der Waals surface area contributed by atoms with Crippen molar-refractivity contribution in [3.05, 3.63) is 11.6 Å². The lowest BCUT2D eigenvalue weighted by Gasteiger charge is -2.15. The van der Waals surface area contributed by atoms with Crippen LogP contribution < -0.4 is 0 Å². The molecule has 1 rings (SSSR count). The Morgan fingerprint density at radius 3 is 1.75 bits per heavy atom. The molecule has 0 aliphatic heterocycles. The molecule has 114 valence electrons. The standard InChI is InChI=1S/C10H11Cl6N3S/c1-2-3-4-5-20-8-18-6(9(11,12)13)17-7(19-8)10(14,15)16/h2-5H2,1H3. The molecule has 0 fully saturated rings. The third kappa shape index (κ3) is 6.47. The Labute approximate surface area is 152 Å². The van der Waals surface area contributed by atoms with Crippen molar-refractivity contribution in [2.24, 2.45) is 0 Å². The maximum Gasteiger partial charge on any atom is 0.250 e. The Kier molecular flexibility index (Phi) is 7.75. The number of halogens is 6. The largest absolute Gasteiger partial charge is 0.250 e. The second-order valence-electron chi connectivity index (χ2n) is 3.82. The topological polar surface area (TPSA) is 38.7 Å². The number of hydrogen-bond donors (Lipinski definition) is 0. The summed E-state index contributed by atoms with van der Waals surface area (Å²) in [6.45, 7) is 2.12. The second-order valence-corrected chi connectivity index (χ2v) is 9.44. The minimum Gasteiger partial charge on any atom is -0.209 e. The van der Waals surface area contributed by atoms with Crippen LogP contribution in [-0.4, -0.2) is 20.7 Å². The molecule has 0 aliphatic rings. The Morgan fingerprint density at radius 2 is 1.35 bits per heavy atom. The molecule has 1 aromatic rings. The molecule has 0 saturated carbocycles. The predicted molar refractivity (Wildman–Crippen MR) is 88.6 cm³/mol. The van der Waals surface area contributed by atoms with E-state index in [1.165, 1.54) is 11.8 Å². The van der Waals surface area contributed by atoms with Crippen molar-refractivity contribution < 1.29 is 0 Å². The maximum atomic E-state index is 5.78. The molecule has 0 spiro atoms. The van der Waals surface area contributed by atoms with Crippen molar-refractivity contribution >= 4 is 81.4 Å². The van der Waals surface area contributed by atoms with Gasteiger partial charge in [0.1, 0.15) is 0 Å². The van der Waals surface area contributed by atoms with Gasteiger partial charge in [-0.15, -0.1) is 0 Å². The highest BCUT2D eigenvalue weighted by atomic mass is 35.6. The molecule has 0 radical (unpaired) electrons. The Bertz CT molecular complexity index is 413. The molecule has 0 unspecified atom stereocenters. The highest BCUT2D eigenvalue weighted by molar-refractivity contribution is 7.99. The number of hydrogen-bond acceptors (Lipinski definition) is 4. The number of thioether (sulfide) groups is 1. The van der Waals surface area contributed by atoms with Gasteiger partial charge in [-0.3, -0.25) is 0 Å². The van der Waals surface area contributed by atoms with Gasteiger partial charge >= 0.3 is 0 Å². The molecule has 0 bridgehead atoms. The van der Waals surface area contributed by atoms with Crippen LogP contribution in [0.1, 0.15) is 37.8 Å². The number of unbranched alkanes of at least 4 members (excludes halogenated alkanes) is 2. The number of aromatic nitrogens is 3. The van der Waals surface area contributed by atoms with Gasteiger partial charge in [0.2, 0.25) is 7.59 Å². The van der Waals surface area contributed by atoms with E-state index in [4.69, 9.17) is 69.6 Å². The fourth-order valence-electron chi connectivity index (χ4n) is 1.19. The molecule has 0 N–H and O–H groups in total. The molecular weight excluding hydrogens is 407 g/mol. The molecule has 0 amide bonds. The van der Waals surface area contributed by atoms with Gasteiger partial charge in [-0.2, -0.15) is 0 Å². The van der Waals surface area contributed by atoms with Gasteiger partial charge in [-0.1, -0.05) is 101 Å². The van der Waals surface area contributed by atoms with Gasteiger partial charge in [-0.05, 0) is 6.42 Å². The summed E-state index contributed by atoms with van der Waals surface area (Å²) in [6.07, 6.45) is 3.27. The molecule has 0 atom stereocenters. The Morgan fingerprint density at radius 1 is 0.850 bits per heavy atom. The van der Waals surface area contributed by atoms with Crippen LogP contribution in [0.4, 0.5) is 0 Å². The summed E-state index contributed by atoms with van der Waals surface area (Å²) < 4.78 is -3.60. The molecule has 1 aromatic heterocycles. The van der Waals surface area contributed by atoms with E-state index in [2.05, 4.69) is 21.9 Å². The van der Waals surface area contributed by atoms with Crippen LogP contribution in [0.2, 0.25) is 0 Å². The molecular formula is C10H11Cl6N3S. The first-order chi connectivity index (χ1) is 9.14. The molecule has 0 aliphatic carbocycles. The minimum atomic E-state index is -1.80. The highest BCUT2D eigenvalue weighted by Gasteiger charge is 2.33. The summed E-state index contributed by atoms with van der Waals surface area (Å²) in [5.74, 6) is 0.713. The van der Waals surface area contributed by atoms with Crippen LogP contribution in [0.3, 0.4) is 0 Å². The van der Waals surface area contributed by atoms with Crippen LogP contribution in [0.15, 0.2) is 5.16 Å². The van der Waals surface area contributed by atoms with Crippen molar-refractivity contribution in [3.63, 3.8) is 0 Å². The minimum absolute atomic E-state index is 0.0585. The van der Waals surface area contributed by atoms with E-state index >= 15 is 0 Å². The first kappa shape index (κ1) is 19.1. The molecule has 20 heavy (non-hydrogen) atoms. The first-order valence-corrected chi connectivity index (χ1v) is 8.93. The molecule has 0 saturated heterocycles. The summed E-state index contributed by atoms with van der Waals surface area (Å²) >= 11 is 36.1. The summed E-state index contributed by atoms with van der Waals surface area (Å²) in [5.41, 5.74) is 0. The third-order valence-corrected chi connectivity index (χ3v) is 4.05. The van der Waals surface area contributed by atoms with Crippen LogP contribution in [0.25, 0.3) is 0 Å². The zero-order valence-electron chi connectivity index (χ0n) is 10.3. The zero-order valence-corrected chi connectivity index (χ0v) is 15.7. The van der Waals surface area contributed by atoms with E-state index in [1.54, 1.807) is 0 Å². The molecule has 0 aromatic carbocycles. The summed E-state index contributed by atoms with van der Waals surface area (Å²) in [4.78, 5) is 12.1. The smallest absolute Gasteiger partial charge is 0.209 e. The molecule has 3 nitrogen and oxygen atoms in total. The van der Waals surface area contributed by atoms with Gasteiger partial charge in [0, 0.05) is 5.75 Å². The SMILES string of the molecule is CCCCCSc1nc(C(Cl)(Cl)Cl)nc(C(Cl)(Cl)Cl)n1. The monoisotopic (exact) mass is 415 g/mol. The average Bonchev–Trinajstić information content (AvgIpc) is 2.32. The van der Waals surface area contributed by atoms with Crippen molar-refractivity contribution in [1.82, 2.24) is 15.0 Å². The summed E-state index contributed by atoms with van der Waals surface area (Å²) in [5, 5.41) is 0.374. The highest BCUT2D eigenvalue weighted by Crippen LogP contribution is 2.40. The Balaban J connectivity index is 2.99. The normalized spacial score (nSPS) is 12.8. The summed E-state index contributed by atoms with van der Waals surface area (Å²) in [7, 11) is 0. The van der Waals surface area contributed by atoms with E-state index in [0.29, 0.717) is 5.16 Å². The fraction of sp³-hybridized carbons (Fsp3) is 0.700. The molecule has 1 heterocycles. The predicted octanol–water partition coefficient (Wildman–Crippen LogP) is 5.81. The first-order valence-electron chi connectivity index (χ1n) is 5.68. The van der Waals surface area contributed by atoms with Gasteiger partial charge in [0.15, 0.2) is 16.8 Å². The van der Waals surface area contributed by atoms with Gasteiger partial charge in [0.05, 0.1) is 0 Å². The van der Waals surface area contributed by atoms with Crippen LogP contribution in [-0.2, 0) is 7.59 Å². The van der Waals surface area contributed by atoms with Crippen LogP contribution in [0, 0.1) is 0 Å². The van der Waals surface area contributed by atoms with Gasteiger partial charge in [-0.25, -0.2) is 15.0 Å². The number of alkyl halides is 6. The summed E-state index contributed by atoms with van der Waals surface area (Å²) in [6, 6.07) is 0. The number of rotatable bonds is 5. The Hall–Kier alpha value is 1.10. The lowest BCUT2D eigenvalue weighted by atomic mass is 10.3. The van der Waals surface area contributed by atoms with Crippen molar-refractivity contribution in [1.29, 1.82) is 0 Å². The van der Waals surface area contributed by atoms with E-state index in [9.17, 15) is 0 Å². The molecule has 10 heteroatoms. The van der Waals surface area contributed by atoms with Crippen molar-refractivity contribution in [2.45, 2.75) is 38.9 Å². The third-order valence-electron chi connectivity index (χ3n) is 2.10. The maximum absolute atomic E-state index is 5.78. The van der Waals surface area contributed by atoms with E-state index in [1.807, 2.05) is 0 Å². The fourth-order valence-corrected chi connectivity index (χ4v) is 2.53. The van der Waals surface area contributed by atoms with E-state index in [0.717, 1.165) is 25.0 Å². The van der Waals surface area contributed by atoms with E-state index in [-0.39, 0.29) is 11.6 Å². The lowest BCUT2D eigenvalue weighted by Crippen LogP contribution is -2.16. The van der Waals surface area contributed by atoms with Crippen molar-refractivity contribution in [2.75, 3.05) is 5.75 Å². The van der Waals surface area contributed by atoms with Crippen LogP contribution >= 0.6 is 81.4 Å². The van der Waals surface area contributed by atoms with Gasteiger partial charge in [0.25, 0.3) is 0 Å². The average molecular weight is 418 g/mol. The van der Waals surface area contributed by atoms with Crippen molar-refractivity contribution in [3.8, 4) is 0 Å². The second kappa shape index (κ2) is 8.09. The van der Waals surface area contributed by atoms with Crippen LogP contribution in [0.5, 0.6) is 0 Å². The lowest BCUT2D eigenvalue weighted by molar-refractivity contribution is 0.758. The quantitative estimate of drug-likeness (QED) is 0.344. The zero-order chi connectivity index (χ0) is 15.4.